The van der Waals surface area contributed by atoms with Crippen LogP contribution in [0.25, 0.3) is 17.1 Å². The zero-order valence-corrected chi connectivity index (χ0v) is 16.5. The third-order valence-electron chi connectivity index (χ3n) is 4.66. The lowest BCUT2D eigenvalue weighted by atomic mass is 10.2. The van der Waals surface area contributed by atoms with Crippen molar-refractivity contribution in [3.05, 3.63) is 102 Å². The minimum absolute atomic E-state index is 0.129. The van der Waals surface area contributed by atoms with Crippen molar-refractivity contribution in [1.82, 2.24) is 15.3 Å². The van der Waals surface area contributed by atoms with E-state index in [2.05, 4.69) is 15.3 Å². The molecule has 1 heterocycles. The number of H-pyrrole nitrogens is 1. The smallest absolute Gasteiger partial charge is 0.244 e. The van der Waals surface area contributed by atoms with Crippen molar-refractivity contribution in [2.24, 2.45) is 0 Å². The molecule has 2 N–H and O–H groups in total. The van der Waals surface area contributed by atoms with E-state index in [1.54, 1.807) is 12.2 Å². The van der Waals surface area contributed by atoms with Gasteiger partial charge in [-0.15, -0.1) is 0 Å². The number of benzene rings is 3. The third-order valence-corrected chi connectivity index (χ3v) is 4.66. The molecule has 0 bridgehead atoms. The molecule has 0 saturated heterocycles. The van der Waals surface area contributed by atoms with E-state index in [-0.39, 0.29) is 5.91 Å². The lowest BCUT2D eigenvalue weighted by Crippen LogP contribution is -2.23. The fourth-order valence-electron chi connectivity index (χ4n) is 3.08. The van der Waals surface area contributed by atoms with Crippen molar-refractivity contribution in [3.8, 4) is 5.75 Å². The molecule has 0 radical (unpaired) electrons. The largest absolute Gasteiger partial charge is 0.489 e. The monoisotopic (exact) mass is 397 g/mol. The average molecular weight is 397 g/mol. The van der Waals surface area contributed by atoms with Gasteiger partial charge < -0.3 is 15.0 Å². The summed E-state index contributed by atoms with van der Waals surface area (Å²) in [5, 5.41) is 2.89. The number of aromatic nitrogens is 2. The standard InChI is InChI=1S/C25H23N3O2/c29-25(26-17-16-24-27-22-8-4-5-9-23(22)28-24)15-12-19-10-13-21(14-11-19)30-18-20-6-2-1-3-7-20/h1-15H,16-18H2,(H,26,29)(H,27,28)/b15-12+. The van der Waals surface area contributed by atoms with Crippen molar-refractivity contribution in [2.75, 3.05) is 6.54 Å². The number of fused-ring (bicyclic) bond motifs is 1. The first-order valence-corrected chi connectivity index (χ1v) is 9.92. The first-order valence-electron chi connectivity index (χ1n) is 9.92. The second-order valence-corrected chi connectivity index (χ2v) is 6.92. The molecular formula is C25H23N3O2. The maximum atomic E-state index is 12.1. The van der Waals surface area contributed by atoms with Crippen LogP contribution in [-0.4, -0.2) is 22.4 Å². The summed E-state index contributed by atoms with van der Waals surface area (Å²) in [6.45, 7) is 1.05. The first kappa shape index (κ1) is 19.5. The van der Waals surface area contributed by atoms with E-state index < -0.39 is 0 Å². The van der Waals surface area contributed by atoms with Crippen molar-refractivity contribution in [3.63, 3.8) is 0 Å². The summed E-state index contributed by atoms with van der Waals surface area (Å²) >= 11 is 0. The highest BCUT2D eigenvalue weighted by molar-refractivity contribution is 5.91. The Morgan fingerprint density at radius 1 is 0.967 bits per heavy atom. The summed E-state index contributed by atoms with van der Waals surface area (Å²) < 4.78 is 5.78. The number of nitrogens with zero attached hydrogens (tertiary/aromatic N) is 1. The van der Waals surface area contributed by atoms with Crippen LogP contribution in [0.4, 0.5) is 0 Å². The van der Waals surface area contributed by atoms with Gasteiger partial charge in [-0.3, -0.25) is 4.79 Å². The molecule has 0 unspecified atom stereocenters. The Labute approximate surface area is 175 Å². The SMILES string of the molecule is O=C(/C=C/c1ccc(OCc2ccccc2)cc1)NCCc1nc2ccccc2[nH]1. The Hall–Kier alpha value is -3.86. The van der Waals surface area contributed by atoms with Gasteiger partial charge in [-0.1, -0.05) is 54.6 Å². The maximum absolute atomic E-state index is 12.1. The minimum Gasteiger partial charge on any atom is -0.489 e. The lowest BCUT2D eigenvalue weighted by molar-refractivity contribution is -0.116. The Morgan fingerprint density at radius 3 is 2.53 bits per heavy atom. The summed E-state index contributed by atoms with van der Waals surface area (Å²) in [7, 11) is 0. The van der Waals surface area contributed by atoms with Gasteiger partial charge in [0, 0.05) is 19.0 Å². The molecule has 0 saturated carbocycles. The molecule has 30 heavy (non-hydrogen) atoms. The number of rotatable bonds is 8. The molecule has 1 amide bonds. The van der Waals surface area contributed by atoms with Crippen molar-refractivity contribution >= 4 is 23.0 Å². The molecule has 0 aliphatic carbocycles. The molecule has 4 rings (SSSR count). The highest BCUT2D eigenvalue weighted by Gasteiger charge is 2.02. The van der Waals surface area contributed by atoms with E-state index in [4.69, 9.17) is 4.74 Å². The normalized spacial score (nSPS) is 11.1. The lowest BCUT2D eigenvalue weighted by Gasteiger charge is -2.06. The van der Waals surface area contributed by atoms with Crippen LogP contribution in [0, 0.1) is 0 Å². The van der Waals surface area contributed by atoms with E-state index in [0.717, 1.165) is 33.7 Å². The number of para-hydroxylation sites is 2. The van der Waals surface area contributed by atoms with Crippen molar-refractivity contribution in [1.29, 1.82) is 0 Å². The second-order valence-electron chi connectivity index (χ2n) is 6.92. The van der Waals surface area contributed by atoms with E-state index in [1.165, 1.54) is 0 Å². The fraction of sp³-hybridized carbons (Fsp3) is 0.120. The van der Waals surface area contributed by atoms with Gasteiger partial charge in [-0.25, -0.2) is 4.98 Å². The van der Waals surface area contributed by atoms with Crippen LogP contribution in [0.15, 0.2) is 84.9 Å². The van der Waals surface area contributed by atoms with Crippen LogP contribution in [0.2, 0.25) is 0 Å². The number of carbonyl (C=O) groups excluding carboxylic acids is 1. The Balaban J connectivity index is 1.22. The van der Waals surface area contributed by atoms with E-state index in [0.29, 0.717) is 19.6 Å². The Bertz CT molecular complexity index is 1100. The quantitative estimate of drug-likeness (QED) is 0.430. The highest BCUT2D eigenvalue weighted by atomic mass is 16.5. The number of hydrogen-bond donors (Lipinski definition) is 2. The minimum atomic E-state index is -0.129. The van der Waals surface area contributed by atoms with E-state index >= 15 is 0 Å². The third kappa shape index (κ3) is 5.35. The van der Waals surface area contributed by atoms with Gasteiger partial charge in [-0.05, 0) is 41.5 Å². The Morgan fingerprint density at radius 2 is 1.73 bits per heavy atom. The van der Waals surface area contributed by atoms with Crippen LogP contribution >= 0.6 is 0 Å². The average Bonchev–Trinajstić information content (AvgIpc) is 3.20. The summed E-state index contributed by atoms with van der Waals surface area (Å²) in [6, 6.07) is 25.6. The summed E-state index contributed by atoms with van der Waals surface area (Å²) in [6.07, 6.45) is 3.98. The van der Waals surface area contributed by atoms with Gasteiger partial charge in [0.05, 0.1) is 11.0 Å². The van der Waals surface area contributed by atoms with E-state index in [1.807, 2.05) is 78.9 Å². The summed E-state index contributed by atoms with van der Waals surface area (Å²) in [4.78, 5) is 19.8. The van der Waals surface area contributed by atoms with Crippen LogP contribution in [0.5, 0.6) is 5.75 Å². The van der Waals surface area contributed by atoms with Crippen molar-refractivity contribution < 1.29 is 9.53 Å². The molecule has 5 nitrogen and oxygen atoms in total. The van der Waals surface area contributed by atoms with Crippen LogP contribution in [0.3, 0.4) is 0 Å². The second kappa shape index (κ2) is 9.56. The molecule has 4 aromatic rings. The number of nitrogens with one attached hydrogen (secondary N) is 2. The molecule has 0 fully saturated rings. The predicted molar refractivity (Wildman–Crippen MR) is 119 cm³/mol. The van der Waals surface area contributed by atoms with Crippen LogP contribution < -0.4 is 10.1 Å². The zero-order valence-electron chi connectivity index (χ0n) is 16.5. The number of carbonyl (C=O) groups is 1. The van der Waals surface area contributed by atoms with Crippen LogP contribution in [0.1, 0.15) is 17.0 Å². The molecule has 150 valence electrons. The highest BCUT2D eigenvalue weighted by Crippen LogP contribution is 2.15. The van der Waals surface area contributed by atoms with Gasteiger partial charge >= 0.3 is 0 Å². The van der Waals surface area contributed by atoms with Gasteiger partial charge in [0.1, 0.15) is 18.2 Å². The Kier molecular flexibility index (Phi) is 6.20. The fourth-order valence-corrected chi connectivity index (χ4v) is 3.08. The summed E-state index contributed by atoms with van der Waals surface area (Å²) in [5.74, 6) is 1.54. The van der Waals surface area contributed by atoms with E-state index in [9.17, 15) is 4.79 Å². The molecule has 1 aromatic heterocycles. The van der Waals surface area contributed by atoms with Gasteiger partial charge in [0.25, 0.3) is 0 Å². The number of amides is 1. The first-order chi connectivity index (χ1) is 14.8. The zero-order chi connectivity index (χ0) is 20.6. The van der Waals surface area contributed by atoms with Gasteiger partial charge in [0.15, 0.2) is 0 Å². The number of aromatic amines is 1. The topological polar surface area (TPSA) is 67.0 Å². The summed E-state index contributed by atoms with van der Waals surface area (Å²) in [5.41, 5.74) is 4.01. The number of hydrogen-bond acceptors (Lipinski definition) is 3. The molecule has 0 atom stereocenters. The van der Waals surface area contributed by atoms with Crippen LogP contribution in [-0.2, 0) is 17.8 Å². The van der Waals surface area contributed by atoms with Gasteiger partial charge in [0.2, 0.25) is 5.91 Å². The molecule has 0 spiro atoms. The molecule has 5 heteroatoms. The van der Waals surface area contributed by atoms with Crippen molar-refractivity contribution in [2.45, 2.75) is 13.0 Å². The number of ether oxygens (including phenoxy) is 1. The molecule has 3 aromatic carbocycles. The molecule has 0 aliphatic rings. The van der Waals surface area contributed by atoms with Gasteiger partial charge in [-0.2, -0.15) is 0 Å². The molecule has 0 aliphatic heterocycles. The molecular weight excluding hydrogens is 374 g/mol. The number of imidazole rings is 1. The maximum Gasteiger partial charge on any atom is 0.244 e. The predicted octanol–water partition coefficient (Wildman–Crippen LogP) is 4.51.